The largest absolute Gasteiger partial charge is 0.481 e. The highest BCUT2D eigenvalue weighted by Gasteiger charge is 2.37. The van der Waals surface area contributed by atoms with Crippen LogP contribution in [-0.2, 0) is 4.79 Å². The van der Waals surface area contributed by atoms with E-state index in [0.717, 1.165) is 31.5 Å². The Hall–Kier alpha value is -0.540. The third-order valence-corrected chi connectivity index (χ3v) is 3.32. The first-order chi connectivity index (χ1) is 6.98. The minimum absolute atomic E-state index is 0.592. The lowest BCUT2D eigenvalue weighted by Gasteiger charge is -2.37. The number of rotatable bonds is 3. The van der Waals surface area contributed by atoms with E-state index in [1.807, 2.05) is 13.8 Å². The Morgan fingerprint density at radius 2 is 2.33 bits per heavy atom. The molecule has 15 heavy (non-hydrogen) atoms. The maximum absolute atomic E-state index is 11.1. The monoisotopic (exact) mass is 231 g/mol. The second-order valence-corrected chi connectivity index (χ2v) is 4.85. The van der Waals surface area contributed by atoms with Crippen molar-refractivity contribution in [3.05, 3.63) is 11.1 Å². The van der Waals surface area contributed by atoms with E-state index >= 15 is 0 Å². The van der Waals surface area contributed by atoms with E-state index < -0.39 is 11.4 Å². The second kappa shape index (κ2) is 4.99. The molecule has 1 N–H and O–H groups in total. The van der Waals surface area contributed by atoms with Gasteiger partial charge in [-0.05, 0) is 38.8 Å². The van der Waals surface area contributed by atoms with Crippen LogP contribution in [0.1, 0.15) is 26.7 Å². The third kappa shape index (κ3) is 3.21. The highest BCUT2D eigenvalue weighted by atomic mass is 35.5. The maximum atomic E-state index is 11.1. The van der Waals surface area contributed by atoms with Crippen molar-refractivity contribution in [3.8, 4) is 0 Å². The van der Waals surface area contributed by atoms with E-state index in [0.29, 0.717) is 6.54 Å². The van der Waals surface area contributed by atoms with Crippen LogP contribution >= 0.6 is 11.6 Å². The molecule has 1 heterocycles. The lowest BCUT2D eigenvalue weighted by Crippen LogP contribution is -2.46. The van der Waals surface area contributed by atoms with Gasteiger partial charge in [-0.2, -0.15) is 0 Å². The summed E-state index contributed by atoms with van der Waals surface area (Å²) in [5.74, 6) is -0.695. The van der Waals surface area contributed by atoms with E-state index in [9.17, 15) is 4.79 Å². The Morgan fingerprint density at radius 1 is 1.67 bits per heavy atom. The third-order valence-electron chi connectivity index (χ3n) is 2.95. The quantitative estimate of drug-likeness (QED) is 0.811. The first kappa shape index (κ1) is 12.5. The van der Waals surface area contributed by atoms with Crippen molar-refractivity contribution in [2.45, 2.75) is 26.7 Å². The molecule has 1 aliphatic rings. The number of carbonyl (C=O) groups is 1. The Bertz CT molecular complexity index is 278. The van der Waals surface area contributed by atoms with Crippen LogP contribution in [0.3, 0.4) is 0 Å². The van der Waals surface area contributed by atoms with Crippen LogP contribution < -0.4 is 0 Å². The molecular weight excluding hydrogens is 214 g/mol. The summed E-state index contributed by atoms with van der Waals surface area (Å²) in [6.07, 6.45) is 1.71. The van der Waals surface area contributed by atoms with E-state index in [4.69, 9.17) is 16.7 Å². The van der Waals surface area contributed by atoms with E-state index in [1.54, 1.807) is 5.54 Å². The molecule has 0 bridgehead atoms. The van der Waals surface area contributed by atoms with Crippen LogP contribution in [0.5, 0.6) is 0 Å². The van der Waals surface area contributed by atoms with E-state index in [-0.39, 0.29) is 0 Å². The number of hydrogen-bond acceptors (Lipinski definition) is 2. The van der Waals surface area contributed by atoms with Gasteiger partial charge in [0.05, 0.1) is 5.41 Å². The molecule has 0 amide bonds. The van der Waals surface area contributed by atoms with Crippen molar-refractivity contribution in [1.29, 1.82) is 0 Å². The minimum Gasteiger partial charge on any atom is -0.481 e. The Balaban J connectivity index is 2.60. The van der Waals surface area contributed by atoms with E-state index in [2.05, 4.69) is 4.90 Å². The Kier molecular flexibility index (Phi) is 4.17. The Morgan fingerprint density at radius 3 is 2.87 bits per heavy atom. The molecule has 1 rings (SSSR count). The highest BCUT2D eigenvalue weighted by molar-refractivity contribution is 6.25. The summed E-state index contributed by atoms with van der Waals surface area (Å²) >= 11 is 5.60. The van der Waals surface area contributed by atoms with Crippen molar-refractivity contribution < 1.29 is 9.90 Å². The average molecular weight is 232 g/mol. The number of likely N-dealkylation sites (tertiary alicyclic amines) is 1. The molecule has 1 atom stereocenters. The molecule has 0 aliphatic carbocycles. The van der Waals surface area contributed by atoms with Gasteiger partial charge in [0.15, 0.2) is 0 Å². The molecule has 4 heteroatoms. The fraction of sp³-hybridized carbons (Fsp3) is 0.727. The standard InChI is InChI=1S/C11H18ClNO2/c1-9(6-12)7-13-5-3-4-11(2,8-13)10(14)15/h6H,3-5,7-8H2,1-2H3,(H,14,15). The second-order valence-electron chi connectivity index (χ2n) is 4.64. The molecule has 0 radical (unpaired) electrons. The van der Waals surface area contributed by atoms with Gasteiger partial charge in [0.1, 0.15) is 0 Å². The molecule has 1 unspecified atom stereocenters. The average Bonchev–Trinajstić information content (AvgIpc) is 2.17. The molecule has 0 aromatic carbocycles. The number of piperidine rings is 1. The summed E-state index contributed by atoms with van der Waals surface area (Å²) in [7, 11) is 0. The highest BCUT2D eigenvalue weighted by Crippen LogP contribution is 2.29. The molecule has 0 aromatic heterocycles. The zero-order chi connectivity index (χ0) is 11.5. The molecule has 1 saturated heterocycles. The van der Waals surface area contributed by atoms with Gasteiger partial charge in [-0.3, -0.25) is 9.69 Å². The van der Waals surface area contributed by atoms with Crippen molar-refractivity contribution in [2.24, 2.45) is 5.41 Å². The van der Waals surface area contributed by atoms with Crippen molar-refractivity contribution >= 4 is 17.6 Å². The van der Waals surface area contributed by atoms with E-state index in [1.165, 1.54) is 0 Å². The number of halogens is 1. The van der Waals surface area contributed by atoms with Gasteiger partial charge in [0.2, 0.25) is 0 Å². The molecule has 0 saturated carbocycles. The zero-order valence-electron chi connectivity index (χ0n) is 9.29. The normalized spacial score (nSPS) is 29.1. The van der Waals surface area contributed by atoms with Crippen LogP contribution in [-0.4, -0.2) is 35.6 Å². The number of aliphatic carboxylic acids is 1. The van der Waals surface area contributed by atoms with Gasteiger partial charge >= 0.3 is 5.97 Å². The molecule has 1 fully saturated rings. The predicted octanol–water partition coefficient (Wildman–Crippen LogP) is 2.32. The van der Waals surface area contributed by atoms with Crippen molar-refractivity contribution in [1.82, 2.24) is 4.90 Å². The molecule has 0 aromatic rings. The molecule has 3 nitrogen and oxygen atoms in total. The topological polar surface area (TPSA) is 40.5 Å². The van der Waals surface area contributed by atoms with Crippen LogP contribution in [0.25, 0.3) is 0 Å². The Labute approximate surface area is 95.7 Å². The fourth-order valence-electron chi connectivity index (χ4n) is 2.04. The number of carboxylic acid groups (broad SMARTS) is 1. The molecule has 86 valence electrons. The van der Waals surface area contributed by atoms with Crippen LogP contribution in [0.2, 0.25) is 0 Å². The van der Waals surface area contributed by atoms with Gasteiger partial charge in [-0.25, -0.2) is 0 Å². The summed E-state index contributed by atoms with van der Waals surface area (Å²) < 4.78 is 0. The summed E-state index contributed by atoms with van der Waals surface area (Å²) in [4.78, 5) is 13.3. The van der Waals surface area contributed by atoms with Gasteiger partial charge in [0, 0.05) is 18.6 Å². The number of hydrogen-bond donors (Lipinski definition) is 1. The lowest BCUT2D eigenvalue weighted by atomic mass is 9.82. The van der Waals surface area contributed by atoms with Gasteiger partial charge in [-0.1, -0.05) is 11.6 Å². The fourth-order valence-corrected chi connectivity index (χ4v) is 2.11. The smallest absolute Gasteiger partial charge is 0.310 e. The van der Waals surface area contributed by atoms with Crippen LogP contribution in [0.15, 0.2) is 11.1 Å². The summed E-state index contributed by atoms with van der Waals surface area (Å²) in [6, 6.07) is 0. The lowest BCUT2D eigenvalue weighted by molar-refractivity contribution is -0.151. The number of nitrogens with zero attached hydrogens (tertiary/aromatic N) is 1. The molecular formula is C11H18ClNO2. The summed E-state index contributed by atoms with van der Waals surface area (Å²) in [5.41, 5.74) is 2.05. The predicted molar refractivity (Wildman–Crippen MR) is 61.0 cm³/mol. The first-order valence-corrected chi connectivity index (χ1v) is 5.63. The summed E-state index contributed by atoms with van der Waals surface area (Å²) in [5, 5.41) is 9.14. The van der Waals surface area contributed by atoms with Gasteiger partial charge in [-0.15, -0.1) is 0 Å². The minimum atomic E-state index is -0.695. The van der Waals surface area contributed by atoms with Crippen LogP contribution in [0.4, 0.5) is 0 Å². The number of carboxylic acids is 1. The maximum Gasteiger partial charge on any atom is 0.310 e. The molecule has 1 aliphatic heterocycles. The van der Waals surface area contributed by atoms with Gasteiger partial charge in [0.25, 0.3) is 0 Å². The summed E-state index contributed by atoms with van der Waals surface area (Å²) in [6.45, 7) is 6.13. The molecule has 0 spiro atoms. The van der Waals surface area contributed by atoms with Gasteiger partial charge < -0.3 is 5.11 Å². The van der Waals surface area contributed by atoms with Crippen molar-refractivity contribution in [2.75, 3.05) is 19.6 Å². The SMILES string of the molecule is CC(=CCl)CN1CCCC(C)(C(=O)O)C1. The zero-order valence-corrected chi connectivity index (χ0v) is 10.0. The van der Waals surface area contributed by atoms with Crippen LogP contribution in [0, 0.1) is 5.41 Å². The van der Waals surface area contributed by atoms with Crippen molar-refractivity contribution in [3.63, 3.8) is 0 Å². The first-order valence-electron chi connectivity index (χ1n) is 5.19.